The van der Waals surface area contributed by atoms with Gasteiger partial charge in [-0.25, -0.2) is 4.98 Å². The quantitative estimate of drug-likeness (QED) is 0.849. The monoisotopic (exact) mass is 261 g/mol. The number of aromatic nitrogens is 2. The van der Waals surface area contributed by atoms with Crippen LogP contribution in [0.1, 0.15) is 5.69 Å². The first-order valence-corrected chi connectivity index (χ1v) is 3.51. The average molecular weight is 263 g/mol. The number of nitrogens with one attached hydrogen (secondary N) is 1. The highest BCUT2D eigenvalue weighted by molar-refractivity contribution is 9.10. The molecule has 6 heteroatoms. The van der Waals surface area contributed by atoms with E-state index in [9.17, 15) is 0 Å². The maximum absolute atomic E-state index is 5.32. The number of aromatic amines is 1. The third-order valence-electron chi connectivity index (χ3n) is 1.06. The molecular weight excluding hydrogens is 253 g/mol. The fourth-order valence-electron chi connectivity index (χ4n) is 0.624. The van der Waals surface area contributed by atoms with Crippen molar-refractivity contribution in [1.29, 1.82) is 0 Å². The van der Waals surface area contributed by atoms with Gasteiger partial charge in [-0.05, 0) is 22.5 Å². The van der Waals surface area contributed by atoms with E-state index in [4.69, 9.17) is 5.73 Å². The number of rotatable bonds is 2. The van der Waals surface area contributed by atoms with Crippen LogP contribution in [0.4, 0.5) is 0 Å². The summed E-state index contributed by atoms with van der Waals surface area (Å²) < 4.78 is 0.868. The Morgan fingerprint density at radius 2 is 2.18 bits per heavy atom. The summed E-state index contributed by atoms with van der Waals surface area (Å²) in [5, 5.41) is 0. The fraction of sp³-hybridized carbons (Fsp3) is 0.400. The topological polar surface area (TPSA) is 54.7 Å². The summed E-state index contributed by atoms with van der Waals surface area (Å²) >= 11 is 3.27. The van der Waals surface area contributed by atoms with Crippen LogP contribution in [0.3, 0.4) is 0 Å². The zero-order valence-electron chi connectivity index (χ0n) is 5.71. The summed E-state index contributed by atoms with van der Waals surface area (Å²) in [5.41, 5.74) is 6.39. The Bertz CT molecular complexity index is 192. The molecule has 1 rings (SSSR count). The van der Waals surface area contributed by atoms with Gasteiger partial charge in [-0.3, -0.25) is 0 Å². The number of hydrogen-bond donors (Lipinski definition) is 2. The SMILES string of the molecule is Cl.Cl.NCCc1[nH]cnc1Br. The molecule has 1 aromatic rings. The zero-order chi connectivity index (χ0) is 6.69. The Morgan fingerprint density at radius 3 is 2.55 bits per heavy atom. The highest BCUT2D eigenvalue weighted by atomic mass is 79.9. The second-order valence-corrected chi connectivity index (χ2v) is 2.46. The minimum Gasteiger partial charge on any atom is -0.347 e. The van der Waals surface area contributed by atoms with Crippen molar-refractivity contribution in [2.45, 2.75) is 6.42 Å². The molecule has 0 aliphatic rings. The molecule has 0 amide bonds. The van der Waals surface area contributed by atoms with Gasteiger partial charge in [-0.1, -0.05) is 0 Å². The number of imidazole rings is 1. The van der Waals surface area contributed by atoms with E-state index in [2.05, 4.69) is 25.9 Å². The third-order valence-corrected chi connectivity index (χ3v) is 1.74. The van der Waals surface area contributed by atoms with E-state index in [1.54, 1.807) is 6.33 Å². The van der Waals surface area contributed by atoms with Crippen LogP contribution in [-0.4, -0.2) is 16.5 Å². The van der Waals surface area contributed by atoms with Gasteiger partial charge in [0.2, 0.25) is 0 Å². The maximum atomic E-state index is 5.32. The molecule has 0 spiro atoms. The standard InChI is InChI=1S/C5H8BrN3.2ClH/c6-5-4(1-2-7)8-3-9-5;;/h3H,1-2,7H2,(H,8,9);2*1H. The molecule has 0 atom stereocenters. The summed E-state index contributed by atoms with van der Waals surface area (Å²) in [4.78, 5) is 6.91. The summed E-state index contributed by atoms with van der Waals surface area (Å²) in [7, 11) is 0. The van der Waals surface area contributed by atoms with Gasteiger partial charge < -0.3 is 10.7 Å². The molecule has 0 aliphatic heterocycles. The minimum atomic E-state index is 0. The molecule has 0 radical (unpaired) electrons. The van der Waals surface area contributed by atoms with E-state index < -0.39 is 0 Å². The van der Waals surface area contributed by atoms with Gasteiger partial charge in [0.05, 0.1) is 12.0 Å². The van der Waals surface area contributed by atoms with Crippen molar-refractivity contribution >= 4 is 40.7 Å². The molecule has 0 aromatic carbocycles. The largest absolute Gasteiger partial charge is 0.347 e. The molecule has 1 heterocycles. The molecular formula is C5H10BrCl2N3. The summed E-state index contributed by atoms with van der Waals surface area (Å²) in [6.45, 7) is 0.654. The van der Waals surface area contributed by atoms with Crippen LogP contribution in [0.2, 0.25) is 0 Å². The summed E-state index contributed by atoms with van der Waals surface area (Å²) in [6.07, 6.45) is 2.50. The van der Waals surface area contributed by atoms with E-state index in [0.717, 1.165) is 16.7 Å². The molecule has 3 nitrogen and oxygen atoms in total. The number of nitrogens with zero attached hydrogens (tertiary/aromatic N) is 1. The van der Waals surface area contributed by atoms with Crippen molar-refractivity contribution < 1.29 is 0 Å². The highest BCUT2D eigenvalue weighted by Crippen LogP contribution is 2.09. The maximum Gasteiger partial charge on any atom is 0.127 e. The third kappa shape index (κ3) is 3.96. The van der Waals surface area contributed by atoms with Gasteiger partial charge in [-0.15, -0.1) is 24.8 Å². The Morgan fingerprint density at radius 1 is 1.55 bits per heavy atom. The summed E-state index contributed by atoms with van der Waals surface area (Å²) in [6, 6.07) is 0. The van der Waals surface area contributed by atoms with Crippen LogP contribution in [-0.2, 0) is 6.42 Å². The lowest BCUT2D eigenvalue weighted by atomic mass is 10.3. The van der Waals surface area contributed by atoms with Crippen LogP contribution >= 0.6 is 40.7 Å². The Balaban J connectivity index is 0. The smallest absolute Gasteiger partial charge is 0.127 e. The minimum absolute atomic E-state index is 0. The fourth-order valence-corrected chi connectivity index (χ4v) is 1.04. The Kier molecular flexibility index (Phi) is 8.67. The first-order chi connectivity index (χ1) is 4.34. The molecule has 3 N–H and O–H groups in total. The lowest BCUT2D eigenvalue weighted by Crippen LogP contribution is -2.03. The average Bonchev–Trinajstić information content (AvgIpc) is 2.18. The molecule has 0 saturated heterocycles. The van der Waals surface area contributed by atoms with Gasteiger partial charge in [0.15, 0.2) is 0 Å². The van der Waals surface area contributed by atoms with Crippen LogP contribution in [0.25, 0.3) is 0 Å². The van der Waals surface area contributed by atoms with Gasteiger partial charge in [0, 0.05) is 6.42 Å². The van der Waals surface area contributed by atoms with Crippen molar-refractivity contribution in [1.82, 2.24) is 9.97 Å². The van der Waals surface area contributed by atoms with Crippen LogP contribution in [0.5, 0.6) is 0 Å². The lowest BCUT2D eigenvalue weighted by Gasteiger charge is -1.90. The number of H-pyrrole nitrogens is 1. The zero-order valence-corrected chi connectivity index (χ0v) is 8.93. The van der Waals surface area contributed by atoms with Crippen molar-refractivity contribution in [2.24, 2.45) is 5.73 Å². The van der Waals surface area contributed by atoms with Crippen molar-refractivity contribution in [2.75, 3.05) is 6.54 Å². The predicted octanol–water partition coefficient (Wildman–Crippen LogP) is 1.52. The number of hydrogen-bond acceptors (Lipinski definition) is 2. The summed E-state index contributed by atoms with van der Waals surface area (Å²) in [5.74, 6) is 0. The molecule has 0 saturated carbocycles. The van der Waals surface area contributed by atoms with Crippen LogP contribution < -0.4 is 5.73 Å². The molecule has 0 unspecified atom stereocenters. The van der Waals surface area contributed by atoms with Crippen LogP contribution in [0.15, 0.2) is 10.9 Å². The van der Waals surface area contributed by atoms with E-state index in [1.165, 1.54) is 0 Å². The molecule has 11 heavy (non-hydrogen) atoms. The normalized spacial score (nSPS) is 8.18. The molecule has 66 valence electrons. The van der Waals surface area contributed by atoms with E-state index in [-0.39, 0.29) is 24.8 Å². The Labute approximate surface area is 86.1 Å². The van der Waals surface area contributed by atoms with Crippen molar-refractivity contribution in [3.8, 4) is 0 Å². The highest BCUT2D eigenvalue weighted by Gasteiger charge is 1.97. The first-order valence-electron chi connectivity index (χ1n) is 2.72. The second-order valence-electron chi connectivity index (χ2n) is 1.71. The van der Waals surface area contributed by atoms with Crippen LogP contribution in [0, 0.1) is 0 Å². The first kappa shape index (κ1) is 13.8. The van der Waals surface area contributed by atoms with Gasteiger partial charge in [0.1, 0.15) is 4.60 Å². The lowest BCUT2D eigenvalue weighted by molar-refractivity contribution is 0.929. The number of halogens is 3. The van der Waals surface area contributed by atoms with Gasteiger partial charge >= 0.3 is 0 Å². The van der Waals surface area contributed by atoms with Gasteiger partial charge in [0.25, 0.3) is 0 Å². The molecule has 0 aliphatic carbocycles. The Hall–Kier alpha value is 0.230. The second kappa shape index (κ2) is 6.91. The molecule has 0 bridgehead atoms. The van der Waals surface area contributed by atoms with E-state index in [1.807, 2.05) is 0 Å². The van der Waals surface area contributed by atoms with Crippen molar-refractivity contribution in [3.63, 3.8) is 0 Å². The van der Waals surface area contributed by atoms with Crippen molar-refractivity contribution in [3.05, 3.63) is 16.6 Å². The molecule has 1 aromatic heterocycles. The van der Waals surface area contributed by atoms with E-state index >= 15 is 0 Å². The van der Waals surface area contributed by atoms with E-state index in [0.29, 0.717) is 6.54 Å². The molecule has 0 fully saturated rings. The number of nitrogens with two attached hydrogens (primary N) is 1. The predicted molar refractivity (Wildman–Crippen MR) is 53.5 cm³/mol. The van der Waals surface area contributed by atoms with Gasteiger partial charge in [-0.2, -0.15) is 0 Å².